The lowest BCUT2D eigenvalue weighted by Gasteiger charge is -2.06. The monoisotopic (exact) mass is 375 g/mol. The Balaban J connectivity index is 1.72. The van der Waals surface area contributed by atoms with E-state index in [1.54, 1.807) is 42.4 Å². The average molecular weight is 376 g/mol. The number of hydrogen-bond acceptors (Lipinski definition) is 3. The van der Waals surface area contributed by atoms with Gasteiger partial charge in [0.05, 0.1) is 41.1 Å². The summed E-state index contributed by atoms with van der Waals surface area (Å²) in [4.78, 5) is 12.4. The zero-order chi connectivity index (χ0) is 17.8. The molecule has 7 heteroatoms. The Morgan fingerprint density at radius 1 is 1.20 bits per heavy atom. The molecule has 0 fully saturated rings. The van der Waals surface area contributed by atoms with E-state index in [0.717, 1.165) is 11.3 Å². The Morgan fingerprint density at radius 2 is 1.92 bits per heavy atom. The van der Waals surface area contributed by atoms with Crippen molar-refractivity contribution in [2.24, 2.45) is 0 Å². The van der Waals surface area contributed by atoms with Crippen molar-refractivity contribution in [3.05, 3.63) is 76.0 Å². The summed E-state index contributed by atoms with van der Waals surface area (Å²) in [7, 11) is 1.63. The molecule has 1 aromatic heterocycles. The predicted molar refractivity (Wildman–Crippen MR) is 98.7 cm³/mol. The zero-order valence-electron chi connectivity index (χ0n) is 13.4. The fourth-order valence-electron chi connectivity index (χ4n) is 2.38. The van der Waals surface area contributed by atoms with E-state index in [9.17, 15) is 4.79 Å². The SMILES string of the molecule is COc1cccc(Cn2cc(NC(=O)c3c(Cl)cccc3Cl)cn2)c1. The molecule has 0 aliphatic carbocycles. The smallest absolute Gasteiger partial charge is 0.258 e. The first-order valence-corrected chi connectivity index (χ1v) is 8.23. The molecule has 25 heavy (non-hydrogen) atoms. The van der Waals surface area contributed by atoms with Gasteiger partial charge in [-0.1, -0.05) is 41.4 Å². The lowest BCUT2D eigenvalue weighted by atomic mass is 10.2. The Morgan fingerprint density at radius 3 is 2.64 bits per heavy atom. The molecule has 5 nitrogen and oxygen atoms in total. The van der Waals surface area contributed by atoms with Crippen molar-refractivity contribution in [3.8, 4) is 5.75 Å². The quantitative estimate of drug-likeness (QED) is 0.714. The molecular weight excluding hydrogens is 361 g/mol. The van der Waals surface area contributed by atoms with Crippen LogP contribution in [0.3, 0.4) is 0 Å². The van der Waals surface area contributed by atoms with Crippen molar-refractivity contribution in [2.45, 2.75) is 6.54 Å². The summed E-state index contributed by atoms with van der Waals surface area (Å²) in [6.07, 6.45) is 3.31. The second-order valence-electron chi connectivity index (χ2n) is 5.33. The zero-order valence-corrected chi connectivity index (χ0v) is 14.9. The van der Waals surface area contributed by atoms with Crippen molar-refractivity contribution in [1.82, 2.24) is 9.78 Å². The summed E-state index contributed by atoms with van der Waals surface area (Å²) >= 11 is 12.1. The van der Waals surface area contributed by atoms with E-state index in [1.165, 1.54) is 0 Å². The lowest BCUT2D eigenvalue weighted by Crippen LogP contribution is -2.12. The molecule has 0 saturated heterocycles. The van der Waals surface area contributed by atoms with E-state index in [-0.39, 0.29) is 11.5 Å². The number of rotatable bonds is 5. The standard InChI is InChI=1S/C18H15Cl2N3O2/c1-25-14-5-2-4-12(8-14)10-23-11-13(9-21-23)22-18(24)17-15(19)6-3-7-16(17)20/h2-9,11H,10H2,1H3,(H,22,24). The van der Waals surface area contributed by atoms with Gasteiger partial charge in [-0.15, -0.1) is 0 Å². The molecule has 0 atom stereocenters. The van der Waals surface area contributed by atoms with Crippen LogP contribution in [0.1, 0.15) is 15.9 Å². The minimum absolute atomic E-state index is 0.242. The minimum Gasteiger partial charge on any atom is -0.497 e. The fraction of sp³-hybridized carbons (Fsp3) is 0.111. The number of carbonyl (C=O) groups excluding carboxylic acids is 1. The van der Waals surface area contributed by atoms with Gasteiger partial charge in [0.25, 0.3) is 5.91 Å². The molecule has 3 aromatic rings. The Labute approximate surface area is 155 Å². The number of nitrogens with zero attached hydrogens (tertiary/aromatic N) is 2. The van der Waals surface area contributed by atoms with Crippen molar-refractivity contribution < 1.29 is 9.53 Å². The maximum Gasteiger partial charge on any atom is 0.258 e. The number of nitrogens with one attached hydrogen (secondary N) is 1. The maximum atomic E-state index is 12.4. The molecule has 0 spiro atoms. The Kier molecular flexibility index (Phi) is 5.26. The molecule has 1 heterocycles. The molecule has 0 aliphatic heterocycles. The largest absolute Gasteiger partial charge is 0.497 e. The lowest BCUT2D eigenvalue weighted by molar-refractivity contribution is 0.102. The summed E-state index contributed by atoms with van der Waals surface area (Å²) < 4.78 is 6.93. The van der Waals surface area contributed by atoms with Crippen molar-refractivity contribution in [3.63, 3.8) is 0 Å². The van der Waals surface area contributed by atoms with Gasteiger partial charge in [-0.3, -0.25) is 9.48 Å². The number of carbonyl (C=O) groups is 1. The van der Waals surface area contributed by atoms with E-state index in [2.05, 4.69) is 10.4 Å². The van der Waals surface area contributed by atoms with E-state index in [4.69, 9.17) is 27.9 Å². The summed E-state index contributed by atoms with van der Waals surface area (Å²) in [5.41, 5.74) is 1.84. The number of halogens is 2. The highest BCUT2D eigenvalue weighted by atomic mass is 35.5. The molecule has 3 rings (SSSR count). The van der Waals surface area contributed by atoms with Crippen LogP contribution in [-0.2, 0) is 6.54 Å². The van der Waals surface area contributed by atoms with Gasteiger partial charge in [-0.25, -0.2) is 0 Å². The van der Waals surface area contributed by atoms with Gasteiger partial charge < -0.3 is 10.1 Å². The number of benzene rings is 2. The number of amides is 1. The number of anilines is 1. The summed E-state index contributed by atoms with van der Waals surface area (Å²) in [6.45, 7) is 0.555. The molecule has 1 N–H and O–H groups in total. The number of ether oxygens (including phenoxy) is 1. The molecule has 128 valence electrons. The Hall–Kier alpha value is -2.50. The van der Waals surface area contributed by atoms with Gasteiger partial charge in [0.15, 0.2) is 0 Å². The van der Waals surface area contributed by atoms with E-state index >= 15 is 0 Å². The van der Waals surface area contributed by atoms with Gasteiger partial charge in [0.1, 0.15) is 5.75 Å². The average Bonchev–Trinajstić information content (AvgIpc) is 3.01. The van der Waals surface area contributed by atoms with Crippen LogP contribution in [0, 0.1) is 0 Å². The predicted octanol–water partition coefficient (Wildman–Crippen LogP) is 4.50. The van der Waals surface area contributed by atoms with Crippen molar-refractivity contribution in [2.75, 3.05) is 12.4 Å². The highest BCUT2D eigenvalue weighted by Gasteiger charge is 2.15. The summed E-state index contributed by atoms with van der Waals surface area (Å²) in [5, 5.41) is 7.61. The number of hydrogen-bond donors (Lipinski definition) is 1. The molecule has 2 aromatic carbocycles. The minimum atomic E-state index is -0.378. The van der Waals surface area contributed by atoms with Crippen LogP contribution < -0.4 is 10.1 Å². The molecule has 0 aliphatic rings. The summed E-state index contributed by atoms with van der Waals surface area (Å²) in [5.74, 6) is 0.406. The summed E-state index contributed by atoms with van der Waals surface area (Å²) in [6, 6.07) is 12.6. The topological polar surface area (TPSA) is 56.1 Å². The third-order valence-corrected chi connectivity index (χ3v) is 4.19. The van der Waals surface area contributed by atoms with Crippen molar-refractivity contribution in [1.29, 1.82) is 0 Å². The van der Waals surface area contributed by atoms with Crippen LogP contribution in [0.15, 0.2) is 54.9 Å². The third-order valence-electron chi connectivity index (χ3n) is 3.56. The molecule has 1 amide bonds. The van der Waals surface area contributed by atoms with Crippen LogP contribution in [0.2, 0.25) is 10.0 Å². The number of aromatic nitrogens is 2. The molecule has 0 unspecified atom stereocenters. The van der Waals surface area contributed by atoms with Gasteiger partial charge in [0, 0.05) is 6.20 Å². The van der Waals surface area contributed by atoms with E-state index in [1.807, 2.05) is 24.3 Å². The van der Waals surface area contributed by atoms with Gasteiger partial charge in [-0.2, -0.15) is 5.10 Å². The van der Waals surface area contributed by atoms with Crippen LogP contribution >= 0.6 is 23.2 Å². The van der Waals surface area contributed by atoms with Gasteiger partial charge in [-0.05, 0) is 29.8 Å². The highest BCUT2D eigenvalue weighted by Crippen LogP contribution is 2.25. The van der Waals surface area contributed by atoms with E-state index in [0.29, 0.717) is 22.3 Å². The van der Waals surface area contributed by atoms with Crippen molar-refractivity contribution >= 4 is 34.8 Å². The molecule has 0 saturated carbocycles. The maximum absolute atomic E-state index is 12.4. The normalized spacial score (nSPS) is 10.5. The second kappa shape index (κ2) is 7.59. The third kappa shape index (κ3) is 4.13. The second-order valence-corrected chi connectivity index (χ2v) is 6.14. The van der Waals surface area contributed by atoms with Crippen LogP contribution in [-0.4, -0.2) is 22.8 Å². The molecular formula is C18H15Cl2N3O2. The van der Waals surface area contributed by atoms with E-state index < -0.39 is 0 Å². The van der Waals surface area contributed by atoms with Crippen LogP contribution in [0.4, 0.5) is 5.69 Å². The Bertz CT molecular complexity index is 889. The number of methoxy groups -OCH3 is 1. The molecule has 0 radical (unpaired) electrons. The fourth-order valence-corrected chi connectivity index (χ4v) is 2.95. The highest BCUT2D eigenvalue weighted by molar-refractivity contribution is 6.40. The first-order valence-electron chi connectivity index (χ1n) is 7.47. The molecule has 0 bridgehead atoms. The first kappa shape index (κ1) is 17.3. The van der Waals surface area contributed by atoms with Gasteiger partial charge >= 0.3 is 0 Å². The first-order chi connectivity index (χ1) is 12.1. The van der Waals surface area contributed by atoms with Crippen LogP contribution in [0.25, 0.3) is 0 Å². The van der Waals surface area contributed by atoms with Crippen LogP contribution in [0.5, 0.6) is 5.75 Å². The van der Waals surface area contributed by atoms with Gasteiger partial charge in [0.2, 0.25) is 0 Å².